The summed E-state index contributed by atoms with van der Waals surface area (Å²) in [5.41, 5.74) is 0.698. The van der Waals surface area contributed by atoms with E-state index in [2.05, 4.69) is 12.2 Å². The summed E-state index contributed by atoms with van der Waals surface area (Å²) in [6, 6.07) is 6.75. The molecule has 0 saturated carbocycles. The number of carbonyl (C=O) groups is 1. The summed E-state index contributed by atoms with van der Waals surface area (Å²) in [5, 5.41) is 13.9. The van der Waals surface area contributed by atoms with Crippen LogP contribution >= 0.6 is 0 Å². The van der Waals surface area contributed by atoms with E-state index in [1.54, 1.807) is 30.1 Å². The van der Waals surface area contributed by atoms with Crippen LogP contribution in [0.25, 0.3) is 0 Å². The van der Waals surface area contributed by atoms with Crippen molar-refractivity contribution in [3.63, 3.8) is 0 Å². The first-order chi connectivity index (χ1) is 9.93. The molecule has 0 fully saturated rings. The second kappa shape index (κ2) is 8.36. The van der Waals surface area contributed by atoms with E-state index in [1.807, 2.05) is 6.92 Å². The van der Waals surface area contributed by atoms with Crippen molar-refractivity contribution in [2.75, 3.05) is 13.6 Å². The number of nitro groups is 1. The van der Waals surface area contributed by atoms with Gasteiger partial charge in [-0.3, -0.25) is 19.8 Å². The van der Waals surface area contributed by atoms with E-state index in [0.29, 0.717) is 12.1 Å². The van der Waals surface area contributed by atoms with Crippen LogP contribution in [0.1, 0.15) is 32.3 Å². The van der Waals surface area contributed by atoms with Crippen LogP contribution in [-0.2, 0) is 11.3 Å². The van der Waals surface area contributed by atoms with Crippen LogP contribution in [0.5, 0.6) is 0 Å². The summed E-state index contributed by atoms with van der Waals surface area (Å²) in [4.78, 5) is 24.2. The van der Waals surface area contributed by atoms with Crippen molar-refractivity contribution in [3.05, 3.63) is 39.9 Å². The van der Waals surface area contributed by atoms with Crippen LogP contribution < -0.4 is 5.32 Å². The zero-order chi connectivity index (χ0) is 15.8. The Labute approximate surface area is 125 Å². The van der Waals surface area contributed by atoms with Crippen LogP contribution in [-0.4, -0.2) is 35.4 Å². The Hall–Kier alpha value is -1.95. The number of benzene rings is 1. The summed E-state index contributed by atoms with van der Waals surface area (Å²) in [6.45, 7) is 4.64. The van der Waals surface area contributed by atoms with Gasteiger partial charge in [-0.2, -0.15) is 0 Å². The van der Waals surface area contributed by atoms with Gasteiger partial charge in [0.25, 0.3) is 5.69 Å². The molecule has 1 aromatic rings. The summed E-state index contributed by atoms with van der Waals surface area (Å²) >= 11 is 0. The second-order valence-corrected chi connectivity index (χ2v) is 5.32. The molecule has 1 atom stereocenters. The quantitative estimate of drug-likeness (QED) is 0.589. The van der Waals surface area contributed by atoms with Gasteiger partial charge in [-0.15, -0.1) is 0 Å². The minimum Gasteiger partial charge on any atom is -0.353 e. The van der Waals surface area contributed by atoms with Gasteiger partial charge < -0.3 is 5.32 Å². The number of carbonyl (C=O) groups excluding carboxylic acids is 1. The van der Waals surface area contributed by atoms with E-state index in [0.717, 1.165) is 12.8 Å². The summed E-state index contributed by atoms with van der Waals surface area (Å²) in [7, 11) is 1.78. The predicted octanol–water partition coefficient (Wildman–Crippen LogP) is 2.33. The molecule has 1 rings (SSSR count). The molecule has 0 bridgehead atoms. The van der Waals surface area contributed by atoms with Gasteiger partial charge in [0.2, 0.25) is 5.91 Å². The fourth-order valence-corrected chi connectivity index (χ4v) is 2.24. The molecular weight excluding hydrogens is 270 g/mol. The number of para-hydroxylation sites is 1. The molecular formula is C15H23N3O3. The standard InChI is InChI=1S/C15H23N3O3/c1-4-7-12(2)16-15(19)11-17(3)10-13-8-5-6-9-14(13)18(20)21/h5-6,8-9,12H,4,7,10-11H2,1-3H3,(H,16,19). The van der Waals surface area contributed by atoms with E-state index in [4.69, 9.17) is 0 Å². The lowest BCUT2D eigenvalue weighted by Crippen LogP contribution is -2.39. The van der Waals surface area contributed by atoms with Crippen LogP contribution in [0.2, 0.25) is 0 Å². The third-order valence-electron chi connectivity index (χ3n) is 3.17. The average Bonchev–Trinajstić information content (AvgIpc) is 2.38. The van der Waals surface area contributed by atoms with E-state index in [1.165, 1.54) is 6.07 Å². The molecule has 1 amide bonds. The van der Waals surface area contributed by atoms with Crippen molar-refractivity contribution < 1.29 is 9.72 Å². The summed E-state index contributed by atoms with van der Waals surface area (Å²) < 4.78 is 0. The fourth-order valence-electron chi connectivity index (χ4n) is 2.24. The van der Waals surface area contributed by atoms with Crippen LogP contribution in [0, 0.1) is 10.1 Å². The molecule has 21 heavy (non-hydrogen) atoms. The Balaban J connectivity index is 2.56. The van der Waals surface area contributed by atoms with Crippen molar-refractivity contribution in [1.82, 2.24) is 10.2 Å². The van der Waals surface area contributed by atoms with Crippen molar-refractivity contribution in [3.8, 4) is 0 Å². The molecule has 0 aliphatic carbocycles. The molecule has 0 aliphatic heterocycles. The molecule has 1 N–H and O–H groups in total. The monoisotopic (exact) mass is 293 g/mol. The SMILES string of the molecule is CCCC(C)NC(=O)CN(C)Cc1ccccc1[N+](=O)[O-]. The molecule has 0 saturated heterocycles. The smallest absolute Gasteiger partial charge is 0.273 e. The molecule has 0 heterocycles. The van der Waals surface area contributed by atoms with Gasteiger partial charge in [0, 0.05) is 24.2 Å². The average molecular weight is 293 g/mol. The highest BCUT2D eigenvalue weighted by molar-refractivity contribution is 5.78. The van der Waals surface area contributed by atoms with Gasteiger partial charge in [-0.05, 0) is 20.4 Å². The molecule has 0 aliphatic rings. The topological polar surface area (TPSA) is 75.5 Å². The Kier molecular flexibility index (Phi) is 6.81. The van der Waals surface area contributed by atoms with Gasteiger partial charge in [0.15, 0.2) is 0 Å². The molecule has 1 unspecified atom stereocenters. The predicted molar refractivity (Wildman–Crippen MR) is 81.9 cm³/mol. The molecule has 1 aromatic carbocycles. The second-order valence-electron chi connectivity index (χ2n) is 5.32. The number of likely N-dealkylation sites (N-methyl/N-ethyl adjacent to an activating group) is 1. The third-order valence-corrected chi connectivity index (χ3v) is 3.17. The Morgan fingerprint density at radius 1 is 1.43 bits per heavy atom. The number of amides is 1. The minimum absolute atomic E-state index is 0.0583. The van der Waals surface area contributed by atoms with Gasteiger partial charge in [0.05, 0.1) is 11.5 Å². The van der Waals surface area contributed by atoms with E-state index in [-0.39, 0.29) is 24.2 Å². The van der Waals surface area contributed by atoms with Gasteiger partial charge in [-0.1, -0.05) is 31.5 Å². The van der Waals surface area contributed by atoms with Crippen molar-refractivity contribution in [1.29, 1.82) is 0 Å². The van der Waals surface area contributed by atoms with Gasteiger partial charge in [-0.25, -0.2) is 0 Å². The number of nitrogens with one attached hydrogen (secondary N) is 1. The highest BCUT2D eigenvalue weighted by Crippen LogP contribution is 2.18. The van der Waals surface area contributed by atoms with Crippen molar-refractivity contribution in [2.45, 2.75) is 39.3 Å². The fraction of sp³-hybridized carbons (Fsp3) is 0.533. The molecule has 6 heteroatoms. The first kappa shape index (κ1) is 17.1. The Morgan fingerprint density at radius 2 is 2.10 bits per heavy atom. The van der Waals surface area contributed by atoms with Crippen LogP contribution in [0.4, 0.5) is 5.69 Å². The first-order valence-corrected chi connectivity index (χ1v) is 7.14. The maximum atomic E-state index is 11.9. The minimum atomic E-state index is -0.396. The first-order valence-electron chi connectivity index (χ1n) is 7.14. The lowest BCUT2D eigenvalue weighted by molar-refractivity contribution is -0.385. The van der Waals surface area contributed by atoms with Gasteiger partial charge in [0.1, 0.15) is 0 Å². The molecule has 116 valence electrons. The Bertz CT molecular complexity index is 491. The van der Waals surface area contributed by atoms with E-state index >= 15 is 0 Å². The van der Waals surface area contributed by atoms with E-state index in [9.17, 15) is 14.9 Å². The molecule has 6 nitrogen and oxygen atoms in total. The zero-order valence-corrected chi connectivity index (χ0v) is 12.8. The van der Waals surface area contributed by atoms with Crippen LogP contribution in [0.3, 0.4) is 0 Å². The summed E-state index contributed by atoms with van der Waals surface area (Å²) in [6.07, 6.45) is 1.97. The lowest BCUT2D eigenvalue weighted by atomic mass is 10.1. The van der Waals surface area contributed by atoms with Crippen LogP contribution in [0.15, 0.2) is 24.3 Å². The molecule has 0 spiro atoms. The molecule has 0 radical (unpaired) electrons. The number of nitrogens with zero attached hydrogens (tertiary/aromatic N) is 2. The Morgan fingerprint density at radius 3 is 2.71 bits per heavy atom. The largest absolute Gasteiger partial charge is 0.353 e. The van der Waals surface area contributed by atoms with Crippen molar-refractivity contribution in [2.24, 2.45) is 0 Å². The number of hydrogen-bond donors (Lipinski definition) is 1. The summed E-state index contributed by atoms with van der Waals surface area (Å²) in [5.74, 6) is -0.0583. The molecule has 0 aromatic heterocycles. The maximum absolute atomic E-state index is 11.9. The number of rotatable bonds is 8. The lowest BCUT2D eigenvalue weighted by Gasteiger charge is -2.18. The maximum Gasteiger partial charge on any atom is 0.273 e. The number of nitro benzene ring substituents is 1. The van der Waals surface area contributed by atoms with Crippen molar-refractivity contribution >= 4 is 11.6 Å². The normalized spacial score (nSPS) is 12.2. The highest BCUT2D eigenvalue weighted by Gasteiger charge is 2.15. The highest BCUT2D eigenvalue weighted by atomic mass is 16.6. The number of hydrogen-bond acceptors (Lipinski definition) is 4. The third kappa shape index (κ3) is 5.91. The van der Waals surface area contributed by atoms with E-state index < -0.39 is 4.92 Å². The van der Waals surface area contributed by atoms with Gasteiger partial charge >= 0.3 is 0 Å². The zero-order valence-electron chi connectivity index (χ0n) is 12.8.